The van der Waals surface area contributed by atoms with Crippen LogP contribution in [0, 0.1) is 0 Å². The Morgan fingerprint density at radius 1 is 0.410 bits per heavy atom. The van der Waals surface area contributed by atoms with E-state index in [-0.39, 0.29) is 88.5 Å². The molecule has 0 spiro atoms. The van der Waals surface area contributed by atoms with Crippen molar-refractivity contribution in [3.05, 3.63) is 225 Å². The molecule has 26 nitrogen and oxygen atoms in total. The number of benzene rings is 7. The standard InChI is InChI=1S/C20H16ClNO5.C18H15NO4.C12H10ClNO4.C10H9NO3.C10H14O3.C4H4Cl2O3.HI/c1-26-18(12-6-4-3-5-7-12)17-14-9-8-13(20(25)27-2)10-15(14)22(19(17)24)16(23)11-21;1-22-16(11-6-4-3-5-7-11)15-13-9-8-12(18(21)23-2)10-14(13)19-17(15)20;1-18-12(17)8-3-2-7-5-10(15)14(9(7)4-8)11(16)6-13;1-14-10(13)7-3-2-6-5-9(12)11-8(6)4-7;1-11-10(12-2,13-3)9-7-5-4-6-8-9;5-1-3(7)9-4(8)2-6;/h3-10H,11H2,1-2H3;3-10H,1-2H3,(H,19,20);2-4H,5-6H2,1H3;2-4H,5H2,1H3,(H,11,12);4-8H,1-3H3;1-2H2;1H/b18-17+;16-15+;;;;;. The largest absolute Gasteiger partial charge is 0.495 e. The van der Waals surface area contributed by atoms with E-state index in [4.69, 9.17) is 79.6 Å². The smallest absolute Gasteiger partial charge is 0.337 e. The van der Waals surface area contributed by atoms with Crippen molar-refractivity contribution >= 4 is 187 Å². The lowest BCUT2D eigenvalue weighted by molar-refractivity contribution is -0.364. The normalized spacial score (nSPS) is 13.3. The molecule has 0 aromatic heterocycles. The minimum Gasteiger partial charge on any atom is -0.495 e. The number of halogens is 5. The van der Waals surface area contributed by atoms with Crippen molar-refractivity contribution < 1.29 is 105 Å². The van der Waals surface area contributed by atoms with E-state index in [1.807, 2.05) is 78.9 Å². The molecule has 4 heterocycles. The van der Waals surface area contributed by atoms with E-state index >= 15 is 0 Å². The number of esters is 6. The van der Waals surface area contributed by atoms with E-state index in [1.54, 1.807) is 88.1 Å². The summed E-state index contributed by atoms with van der Waals surface area (Å²) >= 11 is 21.1. The van der Waals surface area contributed by atoms with Gasteiger partial charge in [-0.05, 0) is 59.7 Å². The molecule has 0 bridgehead atoms. The van der Waals surface area contributed by atoms with E-state index in [1.165, 1.54) is 60.9 Å². The number of imide groups is 2. The van der Waals surface area contributed by atoms with Gasteiger partial charge in [-0.15, -0.1) is 70.4 Å². The average molecular weight is 1640 g/mol. The Balaban J connectivity index is 0.000000233. The summed E-state index contributed by atoms with van der Waals surface area (Å²) in [6, 6.07) is 47.2. The molecule has 0 radical (unpaired) electrons. The van der Waals surface area contributed by atoms with E-state index in [0.717, 1.165) is 26.5 Å². The fourth-order valence-corrected chi connectivity index (χ4v) is 10.7. The lowest BCUT2D eigenvalue weighted by atomic mass is 10.0. The number of anilines is 4. The van der Waals surface area contributed by atoms with Crippen LogP contribution in [0.1, 0.15) is 80.4 Å². The summed E-state index contributed by atoms with van der Waals surface area (Å²) in [5.74, 6) is -7.36. The van der Waals surface area contributed by atoms with Gasteiger partial charge in [0.25, 0.3) is 11.8 Å². The highest BCUT2D eigenvalue weighted by Gasteiger charge is 2.40. The molecule has 0 fully saturated rings. The highest BCUT2D eigenvalue weighted by Crippen LogP contribution is 2.43. The highest BCUT2D eigenvalue weighted by molar-refractivity contribution is 14.0. The summed E-state index contributed by atoms with van der Waals surface area (Å²) in [6.45, 7) is 0. The van der Waals surface area contributed by atoms with Crippen molar-refractivity contribution in [2.75, 3.05) is 108 Å². The molecule has 0 aliphatic carbocycles. The van der Waals surface area contributed by atoms with Crippen LogP contribution >= 0.6 is 70.4 Å². The number of methoxy groups -OCH3 is 9. The fraction of sp³-hybridized carbons (Fsp3) is 0.216. The third-order valence-corrected chi connectivity index (χ3v) is 16.0. The maximum atomic E-state index is 13.1. The number of amides is 6. The first kappa shape index (κ1) is 85.3. The van der Waals surface area contributed by atoms with Crippen LogP contribution < -0.4 is 20.4 Å². The number of ether oxygens (including phenoxy) is 10. The van der Waals surface area contributed by atoms with Gasteiger partial charge in [0, 0.05) is 54.8 Å². The maximum absolute atomic E-state index is 13.1. The third-order valence-electron chi connectivity index (χ3n) is 15.1. The Morgan fingerprint density at radius 2 is 0.819 bits per heavy atom. The Hall–Kier alpha value is -10.4. The number of rotatable bonds is 16. The zero-order chi connectivity index (χ0) is 76.4. The van der Waals surface area contributed by atoms with Crippen molar-refractivity contribution in [2.45, 2.75) is 18.8 Å². The van der Waals surface area contributed by atoms with E-state index < -0.39 is 59.5 Å². The zero-order valence-corrected chi connectivity index (χ0v) is 63.0. The van der Waals surface area contributed by atoms with Crippen molar-refractivity contribution in [1.82, 2.24) is 0 Å². The summed E-state index contributed by atoms with van der Waals surface area (Å²) in [5.41, 5.74) is 9.11. The molecule has 0 atom stereocenters. The van der Waals surface area contributed by atoms with Gasteiger partial charge < -0.3 is 58.0 Å². The zero-order valence-electron chi connectivity index (χ0n) is 57.6. The van der Waals surface area contributed by atoms with Crippen molar-refractivity contribution in [3.63, 3.8) is 0 Å². The quantitative estimate of drug-likeness (QED) is 0.0133. The van der Waals surface area contributed by atoms with Crippen molar-refractivity contribution in [3.8, 4) is 0 Å². The number of fused-ring (bicyclic) bond motifs is 4. The Bertz CT molecular complexity index is 4410. The molecule has 0 unspecified atom stereocenters. The lowest BCUT2D eigenvalue weighted by Crippen LogP contribution is -2.34. The van der Waals surface area contributed by atoms with Gasteiger partial charge in [0.2, 0.25) is 23.6 Å². The van der Waals surface area contributed by atoms with Crippen LogP contribution in [-0.4, -0.2) is 159 Å². The van der Waals surface area contributed by atoms with Crippen molar-refractivity contribution in [2.24, 2.45) is 0 Å². The SMILES string of the molecule is COC(=O)c1ccc2c(c1)N(C(=O)CCl)C(=O)/C2=C(/OC)c1ccccc1.COC(=O)c1ccc2c(c1)N(C(=O)CCl)C(=O)C2.COC(=O)c1ccc2c(c1)NC(=O)/C2=C(/OC)c1ccccc1.COC(=O)c1ccc2c(c1)NC(=O)C2.COC(OC)(OC)c1ccccc1.I.O=C(CCl)OC(=O)CCl. The molecule has 105 heavy (non-hydrogen) atoms. The first-order valence-corrected chi connectivity index (χ1v) is 32.7. The molecular formula is C74H69Cl4IN4O22. The van der Waals surface area contributed by atoms with Gasteiger partial charge in [0.15, 0.2) is 0 Å². The molecule has 2 N–H and O–H groups in total. The third kappa shape index (κ3) is 21.2. The van der Waals surface area contributed by atoms with Gasteiger partial charge in [0.1, 0.15) is 35.0 Å². The second-order valence-corrected chi connectivity index (χ2v) is 22.2. The summed E-state index contributed by atoms with van der Waals surface area (Å²) < 4.78 is 49.1. The van der Waals surface area contributed by atoms with Crippen LogP contribution in [0.3, 0.4) is 0 Å². The van der Waals surface area contributed by atoms with E-state index in [0.29, 0.717) is 79.5 Å². The average Bonchev–Trinajstić information content (AvgIpc) is 1.61. The molecule has 7 aromatic carbocycles. The molecule has 7 aromatic rings. The van der Waals surface area contributed by atoms with Crippen LogP contribution in [0.2, 0.25) is 0 Å². The Morgan fingerprint density at radius 3 is 1.27 bits per heavy atom. The summed E-state index contributed by atoms with van der Waals surface area (Å²) in [6.07, 6.45) is 0.524. The van der Waals surface area contributed by atoms with Gasteiger partial charge in [-0.3, -0.25) is 38.4 Å². The predicted molar refractivity (Wildman–Crippen MR) is 400 cm³/mol. The van der Waals surface area contributed by atoms with Crippen LogP contribution in [0.25, 0.3) is 22.7 Å². The topological polar surface area (TPSA) is 328 Å². The second-order valence-electron chi connectivity index (χ2n) is 21.2. The number of alkyl halides is 4. The predicted octanol–water partition coefficient (Wildman–Crippen LogP) is 11.0. The van der Waals surface area contributed by atoms with E-state index in [2.05, 4.69) is 24.8 Å². The maximum Gasteiger partial charge on any atom is 0.337 e. The molecule has 0 saturated heterocycles. The Kier molecular flexibility index (Phi) is 33.5. The molecule has 4 aliphatic heterocycles. The second kappa shape index (κ2) is 41.2. The van der Waals surface area contributed by atoms with Crippen molar-refractivity contribution in [1.29, 1.82) is 0 Å². The van der Waals surface area contributed by atoms with Gasteiger partial charge in [-0.25, -0.2) is 29.0 Å². The minimum absolute atomic E-state index is 0. The molecule has 552 valence electrons. The van der Waals surface area contributed by atoms with Gasteiger partial charge >= 0.3 is 41.8 Å². The molecular weight excluding hydrogens is 1570 g/mol. The van der Waals surface area contributed by atoms with Crippen LogP contribution in [-0.2, 0) is 105 Å². The number of nitrogens with one attached hydrogen (secondary N) is 2. The van der Waals surface area contributed by atoms with Crippen LogP contribution in [0.5, 0.6) is 0 Å². The number of hydrogen-bond acceptors (Lipinski definition) is 22. The fourth-order valence-electron chi connectivity index (χ4n) is 10.3. The molecule has 6 amide bonds. The van der Waals surface area contributed by atoms with E-state index in [9.17, 15) is 57.5 Å². The summed E-state index contributed by atoms with van der Waals surface area (Å²) in [4.78, 5) is 140. The first-order valence-electron chi connectivity index (χ1n) is 30.5. The minimum atomic E-state index is -1.08. The molecule has 11 rings (SSSR count). The monoisotopic (exact) mass is 1630 g/mol. The number of hydrogen-bond donors (Lipinski definition) is 2. The number of carbonyl (C=O) groups excluding carboxylic acids is 12. The number of nitrogens with zero attached hydrogens (tertiary/aromatic N) is 2. The van der Waals surface area contributed by atoms with Gasteiger partial charge in [-0.1, -0.05) is 115 Å². The van der Waals surface area contributed by atoms with Crippen LogP contribution in [0.4, 0.5) is 22.7 Å². The van der Waals surface area contributed by atoms with Crippen LogP contribution in [0.15, 0.2) is 164 Å². The Labute approximate surface area is 639 Å². The first-order chi connectivity index (χ1) is 49.9. The number of carbonyl (C=O) groups is 12. The lowest BCUT2D eigenvalue weighted by Gasteiger charge is -2.28. The highest BCUT2D eigenvalue weighted by atomic mass is 127. The summed E-state index contributed by atoms with van der Waals surface area (Å²) in [5, 5.41) is 5.44. The molecule has 31 heteroatoms. The molecule has 4 aliphatic rings. The van der Waals surface area contributed by atoms with Gasteiger partial charge in [-0.2, -0.15) is 0 Å². The summed E-state index contributed by atoms with van der Waals surface area (Å²) in [7, 11) is 12.8. The van der Waals surface area contributed by atoms with Gasteiger partial charge in [0.05, 0.1) is 106 Å². The molecule has 0 saturated carbocycles.